The quantitative estimate of drug-likeness (QED) is 0.713. The summed E-state index contributed by atoms with van der Waals surface area (Å²) in [5.74, 6) is 0.570. The van der Waals surface area contributed by atoms with E-state index in [9.17, 15) is 0 Å². The van der Waals surface area contributed by atoms with E-state index >= 15 is 0 Å². The minimum atomic E-state index is -0.0336. The van der Waals surface area contributed by atoms with Crippen molar-refractivity contribution in [2.45, 2.75) is 33.1 Å². The van der Waals surface area contributed by atoms with Crippen LogP contribution < -0.4 is 5.73 Å². The van der Waals surface area contributed by atoms with Crippen molar-refractivity contribution < 1.29 is 0 Å². The topological polar surface area (TPSA) is 56.2 Å². The first kappa shape index (κ1) is 9.96. The lowest BCUT2D eigenvalue weighted by Gasteiger charge is -2.17. The zero-order valence-electron chi connectivity index (χ0n) is 9.57. The minimum Gasteiger partial charge on any atom is -0.382 e. The largest absolute Gasteiger partial charge is 0.382 e. The molecule has 2 heterocycles. The van der Waals surface area contributed by atoms with Crippen LogP contribution in [0, 0.1) is 6.92 Å². The monoisotopic (exact) mass is 204 g/mol. The van der Waals surface area contributed by atoms with E-state index in [0.717, 1.165) is 16.8 Å². The van der Waals surface area contributed by atoms with Crippen molar-refractivity contribution in [1.29, 1.82) is 0 Å². The second-order valence-corrected chi connectivity index (χ2v) is 4.91. The highest BCUT2D eigenvalue weighted by atomic mass is 15.3. The first-order valence-electron chi connectivity index (χ1n) is 5.00. The van der Waals surface area contributed by atoms with Crippen LogP contribution in [0.1, 0.15) is 31.9 Å². The Bertz CT molecular complexity index is 505. The van der Waals surface area contributed by atoms with Crippen molar-refractivity contribution in [2.24, 2.45) is 0 Å². The van der Waals surface area contributed by atoms with Gasteiger partial charge in [0, 0.05) is 18.0 Å². The van der Waals surface area contributed by atoms with Crippen LogP contribution in [0.3, 0.4) is 0 Å². The minimum absolute atomic E-state index is 0.0336. The molecule has 0 aliphatic carbocycles. The highest BCUT2D eigenvalue weighted by Gasteiger charge is 2.23. The van der Waals surface area contributed by atoms with Crippen LogP contribution in [0.2, 0.25) is 0 Å². The molecule has 0 amide bonds. The Kier molecular flexibility index (Phi) is 1.96. The molecule has 0 bridgehead atoms. The van der Waals surface area contributed by atoms with Gasteiger partial charge in [-0.2, -0.15) is 0 Å². The maximum atomic E-state index is 5.92. The summed E-state index contributed by atoms with van der Waals surface area (Å²) in [6, 6.07) is 0. The molecule has 0 aliphatic rings. The van der Waals surface area contributed by atoms with Crippen molar-refractivity contribution in [3.8, 4) is 0 Å². The first-order valence-corrected chi connectivity index (χ1v) is 5.00. The van der Waals surface area contributed by atoms with Crippen LogP contribution in [0.4, 0.5) is 5.82 Å². The van der Waals surface area contributed by atoms with Gasteiger partial charge < -0.3 is 5.73 Å². The maximum Gasteiger partial charge on any atom is 0.160 e. The number of hydrogen-bond acceptors (Lipinski definition) is 3. The summed E-state index contributed by atoms with van der Waals surface area (Å²) in [5, 5.41) is 4.27. The van der Waals surface area contributed by atoms with Crippen LogP contribution in [0.15, 0.2) is 12.4 Å². The number of nitrogen functional groups attached to an aromatic ring is 1. The van der Waals surface area contributed by atoms with Crippen LogP contribution in [0.25, 0.3) is 5.65 Å². The fourth-order valence-electron chi connectivity index (χ4n) is 1.77. The number of anilines is 1. The SMILES string of the molecule is Cc1cnc2c(C(C)(C)C)c(N)nn2c1. The molecule has 0 atom stereocenters. The van der Waals surface area contributed by atoms with Crippen LogP contribution in [-0.4, -0.2) is 14.6 Å². The average Bonchev–Trinajstić information content (AvgIpc) is 2.38. The van der Waals surface area contributed by atoms with E-state index in [1.165, 1.54) is 0 Å². The summed E-state index contributed by atoms with van der Waals surface area (Å²) >= 11 is 0. The van der Waals surface area contributed by atoms with Crippen molar-refractivity contribution in [3.63, 3.8) is 0 Å². The number of hydrogen-bond donors (Lipinski definition) is 1. The smallest absolute Gasteiger partial charge is 0.160 e. The van der Waals surface area contributed by atoms with Crippen LogP contribution in [0.5, 0.6) is 0 Å². The number of nitrogens with two attached hydrogens (primary N) is 1. The predicted octanol–water partition coefficient (Wildman–Crippen LogP) is 1.92. The molecular weight excluding hydrogens is 188 g/mol. The third kappa shape index (κ3) is 1.56. The van der Waals surface area contributed by atoms with E-state index < -0.39 is 0 Å². The Hall–Kier alpha value is -1.58. The van der Waals surface area contributed by atoms with Gasteiger partial charge in [-0.3, -0.25) is 0 Å². The molecule has 80 valence electrons. The van der Waals surface area contributed by atoms with Gasteiger partial charge in [0.15, 0.2) is 11.5 Å². The van der Waals surface area contributed by atoms with Gasteiger partial charge in [-0.05, 0) is 17.9 Å². The molecule has 0 saturated carbocycles. The van der Waals surface area contributed by atoms with E-state index in [4.69, 9.17) is 5.73 Å². The predicted molar refractivity (Wildman–Crippen MR) is 60.8 cm³/mol. The highest BCUT2D eigenvalue weighted by Crippen LogP contribution is 2.30. The lowest BCUT2D eigenvalue weighted by atomic mass is 9.88. The van der Waals surface area contributed by atoms with Crippen molar-refractivity contribution in [2.75, 3.05) is 5.73 Å². The van der Waals surface area contributed by atoms with Gasteiger partial charge in [0.25, 0.3) is 0 Å². The Labute approximate surface area is 89.1 Å². The van der Waals surface area contributed by atoms with Gasteiger partial charge in [-0.1, -0.05) is 20.8 Å². The van der Waals surface area contributed by atoms with Gasteiger partial charge in [-0.15, -0.1) is 5.10 Å². The zero-order chi connectivity index (χ0) is 11.2. The van der Waals surface area contributed by atoms with Gasteiger partial charge in [0.1, 0.15) is 0 Å². The molecule has 2 aromatic heterocycles. The molecule has 0 saturated heterocycles. The Morgan fingerprint density at radius 3 is 2.60 bits per heavy atom. The fourth-order valence-corrected chi connectivity index (χ4v) is 1.77. The molecule has 0 spiro atoms. The summed E-state index contributed by atoms with van der Waals surface area (Å²) < 4.78 is 1.76. The second kappa shape index (κ2) is 2.95. The first-order chi connectivity index (χ1) is 6.89. The van der Waals surface area contributed by atoms with E-state index in [0.29, 0.717) is 5.82 Å². The van der Waals surface area contributed by atoms with E-state index in [2.05, 4.69) is 30.9 Å². The molecule has 0 radical (unpaired) electrons. The number of aryl methyl sites for hydroxylation is 1. The molecule has 0 aromatic carbocycles. The van der Waals surface area contributed by atoms with Crippen molar-refractivity contribution >= 4 is 11.5 Å². The molecule has 4 nitrogen and oxygen atoms in total. The lowest BCUT2D eigenvalue weighted by molar-refractivity contribution is 0.596. The molecule has 0 aliphatic heterocycles. The van der Waals surface area contributed by atoms with E-state index in [-0.39, 0.29) is 5.41 Å². The molecular formula is C11H16N4. The highest BCUT2D eigenvalue weighted by molar-refractivity contribution is 5.62. The second-order valence-electron chi connectivity index (χ2n) is 4.91. The zero-order valence-corrected chi connectivity index (χ0v) is 9.57. The maximum absolute atomic E-state index is 5.92. The van der Waals surface area contributed by atoms with Crippen molar-refractivity contribution in [1.82, 2.24) is 14.6 Å². The Morgan fingerprint density at radius 2 is 2.00 bits per heavy atom. The van der Waals surface area contributed by atoms with Gasteiger partial charge in [-0.25, -0.2) is 9.50 Å². The molecule has 15 heavy (non-hydrogen) atoms. The van der Waals surface area contributed by atoms with E-state index in [1.807, 2.05) is 19.3 Å². The molecule has 2 N–H and O–H groups in total. The Balaban J connectivity index is 2.80. The number of fused-ring (bicyclic) bond motifs is 1. The summed E-state index contributed by atoms with van der Waals surface area (Å²) in [7, 11) is 0. The molecule has 0 fully saturated rings. The van der Waals surface area contributed by atoms with Gasteiger partial charge in [0.05, 0.1) is 0 Å². The number of rotatable bonds is 0. The van der Waals surface area contributed by atoms with Crippen molar-refractivity contribution in [3.05, 3.63) is 23.5 Å². The van der Waals surface area contributed by atoms with Crippen LogP contribution in [-0.2, 0) is 5.41 Å². The Morgan fingerprint density at radius 1 is 1.33 bits per heavy atom. The normalized spacial score (nSPS) is 12.3. The van der Waals surface area contributed by atoms with Crippen LogP contribution >= 0.6 is 0 Å². The van der Waals surface area contributed by atoms with Gasteiger partial charge >= 0.3 is 0 Å². The third-order valence-corrected chi connectivity index (χ3v) is 2.38. The third-order valence-electron chi connectivity index (χ3n) is 2.38. The lowest BCUT2D eigenvalue weighted by Crippen LogP contribution is -2.13. The summed E-state index contributed by atoms with van der Waals surface area (Å²) in [6.07, 6.45) is 3.78. The summed E-state index contributed by atoms with van der Waals surface area (Å²) in [5.41, 5.74) is 8.83. The molecule has 2 rings (SSSR count). The number of nitrogens with zero attached hydrogens (tertiary/aromatic N) is 3. The number of aromatic nitrogens is 3. The standard InChI is InChI=1S/C11H16N4/c1-7-5-13-10-8(11(2,3)4)9(12)14-15(10)6-7/h5-6H,1-4H3,(H2,12,14). The molecule has 0 unspecified atom stereocenters. The average molecular weight is 204 g/mol. The summed E-state index contributed by atoms with van der Waals surface area (Å²) in [4.78, 5) is 4.39. The van der Waals surface area contributed by atoms with Gasteiger partial charge in [0.2, 0.25) is 0 Å². The summed E-state index contributed by atoms with van der Waals surface area (Å²) in [6.45, 7) is 8.33. The fraction of sp³-hybridized carbons (Fsp3) is 0.455. The molecule has 4 heteroatoms. The van der Waals surface area contributed by atoms with E-state index in [1.54, 1.807) is 4.52 Å². The molecule has 2 aromatic rings.